The Morgan fingerprint density at radius 2 is 1.95 bits per heavy atom. The van der Waals surface area contributed by atoms with Crippen LogP contribution in [0.25, 0.3) is 0 Å². The monoisotopic (exact) mass is 266 g/mol. The molecular formula is C16H14N2O2. The highest BCUT2D eigenvalue weighted by Crippen LogP contribution is 2.18. The molecule has 2 aromatic rings. The fourth-order valence-corrected chi connectivity index (χ4v) is 1.95. The smallest absolute Gasteiger partial charge is 0.312 e. The molecular weight excluding hydrogens is 252 g/mol. The van der Waals surface area contributed by atoms with E-state index in [0.717, 1.165) is 11.3 Å². The average Bonchev–Trinajstić information content (AvgIpc) is 2.48. The van der Waals surface area contributed by atoms with Crippen LogP contribution in [0.1, 0.15) is 17.0 Å². The molecule has 0 radical (unpaired) electrons. The van der Waals surface area contributed by atoms with E-state index in [-0.39, 0.29) is 6.54 Å². The number of carboxylic acid groups (broad SMARTS) is 1. The maximum Gasteiger partial charge on any atom is 0.312 e. The van der Waals surface area contributed by atoms with Crippen molar-refractivity contribution in [3.05, 3.63) is 65.7 Å². The summed E-state index contributed by atoms with van der Waals surface area (Å²) in [5, 5.41) is 21.2. The Hall–Kier alpha value is -2.80. The van der Waals surface area contributed by atoms with Crippen LogP contribution in [0, 0.1) is 11.3 Å². The number of carbonyl (C=O) groups is 1. The number of nitrogens with zero attached hydrogens (tertiary/aromatic N) is 1. The molecule has 0 saturated carbocycles. The Balaban J connectivity index is 2.10. The molecule has 4 nitrogen and oxygen atoms in total. The van der Waals surface area contributed by atoms with Crippen LogP contribution in [0.5, 0.6) is 0 Å². The molecule has 0 aromatic heterocycles. The van der Waals surface area contributed by atoms with Crippen LogP contribution in [0.4, 0.5) is 5.69 Å². The number of benzene rings is 2. The highest BCUT2D eigenvalue weighted by molar-refractivity contribution is 5.77. The first kappa shape index (κ1) is 13.6. The summed E-state index contributed by atoms with van der Waals surface area (Å²) in [5.41, 5.74) is 2.04. The fraction of sp³-hybridized carbons (Fsp3) is 0.125. The Morgan fingerprint density at radius 3 is 2.60 bits per heavy atom. The minimum atomic E-state index is -0.875. The van der Waals surface area contributed by atoms with Gasteiger partial charge in [-0.15, -0.1) is 0 Å². The molecule has 0 aliphatic carbocycles. The van der Waals surface area contributed by atoms with Crippen molar-refractivity contribution < 1.29 is 9.90 Å². The van der Waals surface area contributed by atoms with Crippen LogP contribution >= 0.6 is 0 Å². The van der Waals surface area contributed by atoms with Crippen LogP contribution < -0.4 is 5.32 Å². The van der Waals surface area contributed by atoms with Gasteiger partial charge in [0.05, 0.1) is 17.6 Å². The van der Waals surface area contributed by atoms with Crippen LogP contribution in [0.3, 0.4) is 0 Å². The number of nitriles is 1. The van der Waals surface area contributed by atoms with E-state index in [1.165, 1.54) is 0 Å². The first-order valence-corrected chi connectivity index (χ1v) is 6.22. The van der Waals surface area contributed by atoms with Gasteiger partial charge in [0.15, 0.2) is 0 Å². The lowest BCUT2D eigenvalue weighted by Gasteiger charge is -2.14. The Bertz CT molecular complexity index is 632. The first-order valence-electron chi connectivity index (χ1n) is 6.22. The summed E-state index contributed by atoms with van der Waals surface area (Å²) < 4.78 is 0. The normalized spacial score (nSPS) is 11.3. The molecule has 0 bridgehead atoms. The fourth-order valence-electron chi connectivity index (χ4n) is 1.95. The second-order valence-corrected chi connectivity index (χ2v) is 4.38. The summed E-state index contributed by atoms with van der Waals surface area (Å²) in [6.45, 7) is 0.272. The summed E-state index contributed by atoms with van der Waals surface area (Å²) in [6, 6.07) is 18.1. The van der Waals surface area contributed by atoms with Crippen LogP contribution in [0.2, 0.25) is 0 Å². The van der Waals surface area contributed by atoms with E-state index in [1.807, 2.05) is 24.3 Å². The third-order valence-corrected chi connectivity index (χ3v) is 3.00. The first-order chi connectivity index (χ1) is 9.70. The zero-order chi connectivity index (χ0) is 14.4. The predicted molar refractivity (Wildman–Crippen MR) is 76.5 cm³/mol. The molecule has 0 aliphatic heterocycles. The van der Waals surface area contributed by atoms with Gasteiger partial charge in [-0.2, -0.15) is 5.26 Å². The SMILES string of the molecule is N#Cc1cccc(NCC(C(=O)O)c2ccccc2)c1. The minimum Gasteiger partial charge on any atom is -0.481 e. The third-order valence-electron chi connectivity index (χ3n) is 3.00. The van der Waals surface area contributed by atoms with Crippen LogP contribution in [-0.2, 0) is 4.79 Å². The van der Waals surface area contributed by atoms with E-state index in [2.05, 4.69) is 11.4 Å². The van der Waals surface area contributed by atoms with E-state index in [4.69, 9.17) is 5.26 Å². The second-order valence-electron chi connectivity index (χ2n) is 4.38. The largest absolute Gasteiger partial charge is 0.481 e. The molecule has 0 aliphatic rings. The van der Waals surface area contributed by atoms with Gasteiger partial charge in [-0.3, -0.25) is 4.79 Å². The minimum absolute atomic E-state index is 0.272. The van der Waals surface area contributed by atoms with Crippen molar-refractivity contribution in [1.82, 2.24) is 0 Å². The van der Waals surface area contributed by atoms with Crippen molar-refractivity contribution in [1.29, 1.82) is 5.26 Å². The van der Waals surface area contributed by atoms with Gasteiger partial charge in [0.1, 0.15) is 0 Å². The van der Waals surface area contributed by atoms with Crippen molar-refractivity contribution in [3.8, 4) is 6.07 Å². The van der Waals surface area contributed by atoms with Gasteiger partial charge in [0.2, 0.25) is 0 Å². The molecule has 2 N–H and O–H groups in total. The number of rotatable bonds is 5. The summed E-state index contributed by atoms with van der Waals surface area (Å²) >= 11 is 0. The van der Waals surface area contributed by atoms with E-state index in [0.29, 0.717) is 5.56 Å². The van der Waals surface area contributed by atoms with E-state index < -0.39 is 11.9 Å². The maximum absolute atomic E-state index is 11.4. The summed E-state index contributed by atoms with van der Waals surface area (Å²) in [7, 11) is 0. The molecule has 2 aromatic carbocycles. The Morgan fingerprint density at radius 1 is 1.20 bits per heavy atom. The zero-order valence-electron chi connectivity index (χ0n) is 10.8. The van der Waals surface area contributed by atoms with E-state index in [9.17, 15) is 9.90 Å². The molecule has 0 heterocycles. The molecule has 100 valence electrons. The van der Waals surface area contributed by atoms with Crippen LogP contribution in [0.15, 0.2) is 54.6 Å². The molecule has 0 amide bonds. The van der Waals surface area contributed by atoms with Crippen LogP contribution in [-0.4, -0.2) is 17.6 Å². The lowest BCUT2D eigenvalue weighted by Crippen LogP contribution is -2.20. The van der Waals surface area contributed by atoms with Crippen molar-refractivity contribution in [2.45, 2.75) is 5.92 Å². The van der Waals surface area contributed by atoms with Gasteiger partial charge >= 0.3 is 5.97 Å². The molecule has 1 atom stereocenters. The van der Waals surface area contributed by atoms with E-state index in [1.54, 1.807) is 30.3 Å². The number of hydrogen-bond donors (Lipinski definition) is 2. The molecule has 4 heteroatoms. The van der Waals surface area contributed by atoms with Gasteiger partial charge in [-0.05, 0) is 23.8 Å². The third kappa shape index (κ3) is 3.36. The second kappa shape index (κ2) is 6.39. The molecule has 0 fully saturated rings. The standard InChI is InChI=1S/C16H14N2O2/c17-10-12-5-4-8-14(9-12)18-11-15(16(19)20)13-6-2-1-3-7-13/h1-9,15,18H,11H2,(H,19,20). The van der Waals surface area contributed by atoms with Gasteiger partial charge in [-0.25, -0.2) is 0 Å². The number of nitrogens with one attached hydrogen (secondary N) is 1. The molecule has 1 unspecified atom stereocenters. The van der Waals surface area contributed by atoms with Gasteiger partial charge in [0.25, 0.3) is 0 Å². The van der Waals surface area contributed by atoms with Gasteiger partial charge in [0, 0.05) is 12.2 Å². The summed E-state index contributed by atoms with van der Waals surface area (Å²) in [6.07, 6.45) is 0. The number of hydrogen-bond acceptors (Lipinski definition) is 3. The van der Waals surface area contributed by atoms with Crippen molar-refractivity contribution in [2.24, 2.45) is 0 Å². The van der Waals surface area contributed by atoms with Crippen molar-refractivity contribution in [2.75, 3.05) is 11.9 Å². The Labute approximate surface area is 117 Å². The van der Waals surface area contributed by atoms with Gasteiger partial charge in [-0.1, -0.05) is 36.4 Å². The topological polar surface area (TPSA) is 73.1 Å². The van der Waals surface area contributed by atoms with Crippen molar-refractivity contribution >= 4 is 11.7 Å². The predicted octanol–water partition coefficient (Wildman–Crippen LogP) is 2.84. The highest BCUT2D eigenvalue weighted by Gasteiger charge is 2.19. The maximum atomic E-state index is 11.4. The average molecular weight is 266 g/mol. The number of anilines is 1. The number of carboxylic acids is 1. The zero-order valence-corrected chi connectivity index (χ0v) is 10.8. The molecule has 2 rings (SSSR count). The summed E-state index contributed by atoms with van der Waals surface area (Å²) in [4.78, 5) is 11.4. The lowest BCUT2D eigenvalue weighted by molar-refractivity contribution is -0.138. The molecule has 20 heavy (non-hydrogen) atoms. The summed E-state index contributed by atoms with van der Waals surface area (Å²) in [5.74, 6) is -1.50. The van der Waals surface area contributed by atoms with E-state index >= 15 is 0 Å². The quantitative estimate of drug-likeness (QED) is 0.872. The number of aliphatic carboxylic acids is 1. The molecule has 0 spiro atoms. The molecule has 0 saturated heterocycles. The van der Waals surface area contributed by atoms with Crippen molar-refractivity contribution in [3.63, 3.8) is 0 Å². The van der Waals surface area contributed by atoms with Gasteiger partial charge < -0.3 is 10.4 Å². The highest BCUT2D eigenvalue weighted by atomic mass is 16.4. The lowest BCUT2D eigenvalue weighted by atomic mass is 9.99. The Kier molecular flexibility index (Phi) is 4.35.